The molecule has 0 amide bonds. The number of hydrogen-bond acceptors (Lipinski definition) is 4. The van der Waals surface area contributed by atoms with Gasteiger partial charge in [-0.1, -0.05) is 72.8 Å². The van der Waals surface area contributed by atoms with Crippen molar-refractivity contribution in [1.82, 2.24) is 9.97 Å². The van der Waals surface area contributed by atoms with E-state index in [9.17, 15) is 5.11 Å². The van der Waals surface area contributed by atoms with E-state index in [4.69, 9.17) is 9.40 Å². The van der Waals surface area contributed by atoms with E-state index in [0.29, 0.717) is 17.0 Å². The van der Waals surface area contributed by atoms with Crippen LogP contribution in [0.5, 0.6) is 5.75 Å². The van der Waals surface area contributed by atoms with Gasteiger partial charge < -0.3 is 9.52 Å². The van der Waals surface area contributed by atoms with E-state index in [1.54, 1.807) is 18.2 Å². The molecule has 6 aromatic rings. The van der Waals surface area contributed by atoms with Crippen molar-refractivity contribution in [3.63, 3.8) is 0 Å². The third-order valence-corrected chi connectivity index (χ3v) is 5.89. The molecule has 0 fully saturated rings. The largest absolute Gasteiger partial charge is 0.507 e. The minimum atomic E-state index is 0.141. The number of aromatic hydroxyl groups is 1. The molecule has 162 valence electrons. The molecule has 0 aliphatic heterocycles. The van der Waals surface area contributed by atoms with Gasteiger partial charge in [-0.15, -0.1) is 0 Å². The molecule has 0 aliphatic rings. The predicted octanol–water partition coefficient (Wildman–Crippen LogP) is 7.60. The van der Waals surface area contributed by atoms with Crippen molar-refractivity contribution in [2.75, 3.05) is 0 Å². The van der Waals surface area contributed by atoms with E-state index >= 15 is 0 Å². The summed E-state index contributed by atoms with van der Waals surface area (Å²) in [5, 5.41) is 10.2. The minimum Gasteiger partial charge on any atom is -0.507 e. The minimum absolute atomic E-state index is 0.141. The first-order valence-electron chi connectivity index (χ1n) is 11.1. The first-order valence-corrected chi connectivity index (χ1v) is 11.1. The molecular weight excluding hydrogens is 420 g/mol. The van der Waals surface area contributed by atoms with Crippen LogP contribution in [0.1, 0.15) is 0 Å². The lowest BCUT2D eigenvalue weighted by Gasteiger charge is -2.08. The van der Waals surface area contributed by atoms with Gasteiger partial charge in [0.1, 0.15) is 11.3 Å². The Morgan fingerprint density at radius 1 is 0.588 bits per heavy atom. The molecule has 1 N–H and O–H groups in total. The molecule has 0 radical (unpaired) electrons. The second-order valence-corrected chi connectivity index (χ2v) is 8.07. The molecule has 0 saturated carbocycles. The van der Waals surface area contributed by atoms with Crippen LogP contribution in [-0.2, 0) is 0 Å². The maximum atomic E-state index is 10.2. The molecule has 2 aromatic heterocycles. The van der Waals surface area contributed by atoms with Crippen LogP contribution in [0.15, 0.2) is 120 Å². The van der Waals surface area contributed by atoms with Crippen molar-refractivity contribution in [2.24, 2.45) is 0 Å². The predicted molar refractivity (Wildman–Crippen MR) is 135 cm³/mol. The summed E-state index contributed by atoms with van der Waals surface area (Å²) in [6, 6.07) is 35.7. The molecule has 0 spiro atoms. The SMILES string of the molecule is Oc1ccccc1-c1nc2c(-c3cccc(-c4cc(-c5ccccc5)ccn4)c3)cccc2o1. The highest BCUT2D eigenvalue weighted by Gasteiger charge is 2.15. The zero-order valence-corrected chi connectivity index (χ0v) is 18.2. The summed E-state index contributed by atoms with van der Waals surface area (Å²) in [6.07, 6.45) is 1.85. The zero-order valence-electron chi connectivity index (χ0n) is 18.2. The number of pyridine rings is 1. The average molecular weight is 441 g/mol. The van der Waals surface area contributed by atoms with E-state index in [1.807, 2.05) is 60.8 Å². The van der Waals surface area contributed by atoms with Gasteiger partial charge in [0.05, 0.1) is 11.3 Å². The summed E-state index contributed by atoms with van der Waals surface area (Å²) in [4.78, 5) is 9.36. The van der Waals surface area contributed by atoms with Gasteiger partial charge in [-0.25, -0.2) is 4.98 Å². The number of nitrogens with zero attached hydrogens (tertiary/aromatic N) is 2. The molecule has 0 atom stereocenters. The van der Waals surface area contributed by atoms with Gasteiger partial charge in [-0.2, -0.15) is 0 Å². The normalized spacial score (nSPS) is 11.1. The zero-order chi connectivity index (χ0) is 22.9. The number of phenolic OH excluding ortho intramolecular Hbond substituents is 1. The quantitative estimate of drug-likeness (QED) is 0.307. The Kier molecular flexibility index (Phi) is 4.89. The van der Waals surface area contributed by atoms with E-state index in [2.05, 4.69) is 41.4 Å². The smallest absolute Gasteiger partial charge is 0.231 e. The van der Waals surface area contributed by atoms with Gasteiger partial charge in [-0.3, -0.25) is 4.98 Å². The second-order valence-electron chi connectivity index (χ2n) is 8.07. The topological polar surface area (TPSA) is 59.2 Å². The number of benzene rings is 4. The van der Waals surface area contributed by atoms with E-state index in [1.165, 1.54) is 0 Å². The van der Waals surface area contributed by atoms with Crippen molar-refractivity contribution in [2.45, 2.75) is 0 Å². The van der Waals surface area contributed by atoms with Gasteiger partial charge in [0.15, 0.2) is 5.58 Å². The van der Waals surface area contributed by atoms with Crippen LogP contribution in [-0.4, -0.2) is 15.1 Å². The Morgan fingerprint density at radius 2 is 1.32 bits per heavy atom. The molecule has 4 aromatic carbocycles. The number of phenols is 1. The number of oxazole rings is 1. The summed E-state index contributed by atoms with van der Waals surface area (Å²) in [5.74, 6) is 0.538. The summed E-state index contributed by atoms with van der Waals surface area (Å²) >= 11 is 0. The lowest BCUT2D eigenvalue weighted by atomic mass is 9.99. The molecule has 0 aliphatic carbocycles. The number of para-hydroxylation sites is 2. The molecule has 34 heavy (non-hydrogen) atoms. The van der Waals surface area contributed by atoms with E-state index < -0.39 is 0 Å². The van der Waals surface area contributed by atoms with Gasteiger partial charge in [0, 0.05) is 17.3 Å². The Hall–Kier alpha value is -4.70. The molecule has 4 nitrogen and oxygen atoms in total. The standard InChI is InChI=1S/C30H20N2O2/c33-27-14-5-4-12-25(27)30-32-29-24(13-7-15-28(29)34-30)22-10-6-11-23(18-22)26-19-21(16-17-31-26)20-8-2-1-3-9-20/h1-19,33H. The van der Waals surface area contributed by atoms with Crippen LogP contribution in [0.2, 0.25) is 0 Å². The third kappa shape index (κ3) is 3.61. The van der Waals surface area contributed by atoms with Crippen LogP contribution in [0.25, 0.3) is 56.1 Å². The summed E-state index contributed by atoms with van der Waals surface area (Å²) < 4.78 is 5.99. The maximum Gasteiger partial charge on any atom is 0.231 e. The molecular formula is C30H20N2O2. The van der Waals surface area contributed by atoms with Gasteiger partial charge in [0.2, 0.25) is 5.89 Å². The fraction of sp³-hybridized carbons (Fsp3) is 0. The molecule has 6 rings (SSSR count). The van der Waals surface area contributed by atoms with E-state index in [0.717, 1.165) is 39.0 Å². The molecule has 0 bridgehead atoms. The first-order chi connectivity index (χ1) is 16.8. The number of hydrogen-bond donors (Lipinski definition) is 1. The molecule has 0 unspecified atom stereocenters. The van der Waals surface area contributed by atoms with Crippen molar-refractivity contribution in [3.05, 3.63) is 115 Å². The van der Waals surface area contributed by atoms with Crippen LogP contribution in [0, 0.1) is 0 Å². The van der Waals surface area contributed by atoms with Crippen molar-refractivity contribution in [1.29, 1.82) is 0 Å². The fourth-order valence-electron chi connectivity index (χ4n) is 4.20. The van der Waals surface area contributed by atoms with Crippen molar-refractivity contribution in [3.8, 4) is 50.7 Å². The van der Waals surface area contributed by atoms with Crippen LogP contribution < -0.4 is 0 Å². The van der Waals surface area contributed by atoms with Gasteiger partial charge in [0.25, 0.3) is 0 Å². The Balaban J connectivity index is 1.43. The van der Waals surface area contributed by atoms with Gasteiger partial charge in [-0.05, 0) is 53.1 Å². The van der Waals surface area contributed by atoms with Crippen molar-refractivity contribution < 1.29 is 9.52 Å². The van der Waals surface area contributed by atoms with Crippen LogP contribution >= 0.6 is 0 Å². The average Bonchev–Trinajstić information content (AvgIpc) is 3.34. The van der Waals surface area contributed by atoms with Crippen LogP contribution in [0.4, 0.5) is 0 Å². The lowest BCUT2D eigenvalue weighted by molar-refractivity contribution is 0.474. The van der Waals surface area contributed by atoms with Crippen LogP contribution in [0.3, 0.4) is 0 Å². The Bertz CT molecular complexity index is 1620. The highest BCUT2D eigenvalue weighted by atomic mass is 16.3. The Labute approximate surface area is 196 Å². The molecule has 4 heteroatoms. The summed E-state index contributed by atoms with van der Waals surface area (Å²) in [6.45, 7) is 0. The monoisotopic (exact) mass is 440 g/mol. The third-order valence-electron chi connectivity index (χ3n) is 5.89. The summed E-state index contributed by atoms with van der Waals surface area (Å²) in [7, 11) is 0. The fourth-order valence-corrected chi connectivity index (χ4v) is 4.20. The number of fused-ring (bicyclic) bond motifs is 1. The second kappa shape index (κ2) is 8.34. The van der Waals surface area contributed by atoms with Crippen molar-refractivity contribution >= 4 is 11.1 Å². The maximum absolute atomic E-state index is 10.2. The number of rotatable bonds is 4. The summed E-state index contributed by atoms with van der Waals surface area (Å²) in [5.41, 5.74) is 8.20. The lowest BCUT2D eigenvalue weighted by Crippen LogP contribution is -1.87. The highest BCUT2D eigenvalue weighted by molar-refractivity contribution is 5.93. The molecule has 0 saturated heterocycles. The highest BCUT2D eigenvalue weighted by Crippen LogP contribution is 2.36. The molecule has 2 heterocycles. The number of aromatic nitrogens is 2. The van der Waals surface area contributed by atoms with E-state index in [-0.39, 0.29) is 5.75 Å². The Morgan fingerprint density at radius 3 is 2.21 bits per heavy atom. The van der Waals surface area contributed by atoms with Gasteiger partial charge >= 0.3 is 0 Å². The first kappa shape index (κ1) is 19.9.